The quantitative estimate of drug-likeness (QED) is 0.630. The predicted octanol–water partition coefficient (Wildman–Crippen LogP) is 3.22. The molecule has 3 rings (SSSR count). The minimum absolute atomic E-state index is 0.0216. The van der Waals surface area contributed by atoms with E-state index >= 15 is 0 Å². The normalized spacial score (nSPS) is 17.8. The lowest BCUT2D eigenvalue weighted by Gasteiger charge is -2.33. The lowest BCUT2D eigenvalue weighted by molar-refractivity contribution is -0.385. The summed E-state index contributed by atoms with van der Waals surface area (Å²) in [5, 5.41) is 11.0. The topological polar surface area (TPSA) is 78.0 Å². The number of methoxy groups -OCH3 is 1. The van der Waals surface area contributed by atoms with Gasteiger partial charge in [0.15, 0.2) is 11.6 Å². The van der Waals surface area contributed by atoms with Crippen LogP contribution < -0.4 is 9.64 Å². The molecule has 128 valence electrons. The molecule has 1 aromatic carbocycles. The van der Waals surface area contributed by atoms with Gasteiger partial charge in [0, 0.05) is 12.6 Å². The Kier molecular flexibility index (Phi) is 4.39. The van der Waals surface area contributed by atoms with Gasteiger partial charge >= 0.3 is 5.69 Å². The van der Waals surface area contributed by atoms with E-state index in [1.165, 1.54) is 13.2 Å². The van der Waals surface area contributed by atoms with Crippen LogP contribution in [-0.2, 0) is 4.74 Å². The molecule has 0 unspecified atom stereocenters. The predicted molar refractivity (Wildman–Crippen MR) is 84.0 cm³/mol. The van der Waals surface area contributed by atoms with Crippen molar-refractivity contribution in [2.45, 2.75) is 13.0 Å². The van der Waals surface area contributed by atoms with Crippen molar-refractivity contribution in [1.29, 1.82) is 0 Å². The minimum Gasteiger partial charge on any atom is -0.490 e. The zero-order valence-corrected chi connectivity index (χ0v) is 13.3. The highest BCUT2D eigenvalue weighted by Crippen LogP contribution is 2.36. The molecule has 8 heteroatoms. The third-order valence-corrected chi connectivity index (χ3v) is 3.93. The molecule has 0 aliphatic carbocycles. The number of nitro benzene ring substituents is 1. The molecule has 7 nitrogen and oxygen atoms in total. The van der Waals surface area contributed by atoms with Gasteiger partial charge in [0.2, 0.25) is 0 Å². The van der Waals surface area contributed by atoms with E-state index in [-0.39, 0.29) is 17.5 Å². The molecule has 1 aromatic heterocycles. The maximum absolute atomic E-state index is 14.4. The van der Waals surface area contributed by atoms with Crippen LogP contribution in [0.3, 0.4) is 0 Å². The molecule has 1 aliphatic heterocycles. The standard InChI is InChI=1S/C16H17FN2O5/c1-10-3-4-14(24-10)16-9-18(5-6-23-16)12-8-15(22-2)13(19(20)21)7-11(12)17/h3-4,7-8,16H,5-6,9H2,1-2H3/t16-/m0/s1. The number of furan rings is 1. The monoisotopic (exact) mass is 336 g/mol. The molecule has 1 fully saturated rings. The van der Waals surface area contributed by atoms with E-state index in [2.05, 4.69) is 0 Å². The van der Waals surface area contributed by atoms with Crippen LogP contribution in [0.4, 0.5) is 15.8 Å². The van der Waals surface area contributed by atoms with E-state index in [1.807, 2.05) is 19.1 Å². The number of anilines is 1. The van der Waals surface area contributed by atoms with E-state index in [1.54, 1.807) is 4.90 Å². The van der Waals surface area contributed by atoms with Gasteiger partial charge in [-0.25, -0.2) is 4.39 Å². The van der Waals surface area contributed by atoms with E-state index in [0.717, 1.165) is 11.8 Å². The lowest BCUT2D eigenvalue weighted by Crippen LogP contribution is -2.38. The van der Waals surface area contributed by atoms with Gasteiger partial charge in [0.25, 0.3) is 0 Å². The highest BCUT2D eigenvalue weighted by Gasteiger charge is 2.28. The SMILES string of the molecule is COc1cc(N2CCO[C@H](c3ccc(C)o3)C2)c(F)cc1[N+](=O)[O-]. The highest BCUT2D eigenvalue weighted by atomic mass is 19.1. The molecule has 0 spiro atoms. The van der Waals surface area contributed by atoms with Gasteiger partial charge in [-0.05, 0) is 19.1 Å². The maximum atomic E-state index is 14.4. The molecule has 0 amide bonds. The Bertz CT molecular complexity index is 761. The molecular weight excluding hydrogens is 319 g/mol. The first-order chi connectivity index (χ1) is 11.5. The number of rotatable bonds is 4. The number of ether oxygens (including phenoxy) is 2. The maximum Gasteiger partial charge on any atom is 0.313 e. The van der Waals surface area contributed by atoms with Gasteiger partial charge in [0.1, 0.15) is 17.6 Å². The number of nitro groups is 1. The van der Waals surface area contributed by atoms with Crippen LogP contribution in [0.1, 0.15) is 17.6 Å². The van der Waals surface area contributed by atoms with Crippen LogP contribution >= 0.6 is 0 Å². The molecule has 2 heterocycles. The van der Waals surface area contributed by atoms with Crippen molar-refractivity contribution in [3.8, 4) is 5.75 Å². The van der Waals surface area contributed by atoms with E-state index < -0.39 is 16.4 Å². The average Bonchev–Trinajstić information content (AvgIpc) is 3.01. The van der Waals surface area contributed by atoms with Crippen molar-refractivity contribution >= 4 is 11.4 Å². The Hall–Kier alpha value is -2.61. The Morgan fingerprint density at radius 2 is 2.21 bits per heavy atom. The molecule has 24 heavy (non-hydrogen) atoms. The van der Waals surface area contributed by atoms with E-state index in [0.29, 0.717) is 25.5 Å². The van der Waals surface area contributed by atoms with Gasteiger partial charge in [-0.1, -0.05) is 0 Å². The zero-order chi connectivity index (χ0) is 17.3. The van der Waals surface area contributed by atoms with Gasteiger partial charge in [-0.2, -0.15) is 0 Å². The summed E-state index contributed by atoms with van der Waals surface area (Å²) in [6, 6.07) is 5.91. The number of halogens is 1. The molecule has 0 saturated carbocycles. The Labute approximate surface area is 137 Å². The smallest absolute Gasteiger partial charge is 0.313 e. The number of morpholine rings is 1. The Morgan fingerprint density at radius 1 is 1.42 bits per heavy atom. The molecule has 2 aromatic rings. The number of hydrogen-bond acceptors (Lipinski definition) is 6. The summed E-state index contributed by atoms with van der Waals surface area (Å²) < 4.78 is 30.7. The molecular formula is C16H17FN2O5. The van der Waals surface area contributed by atoms with Crippen LogP contribution in [0.15, 0.2) is 28.7 Å². The Balaban J connectivity index is 1.89. The van der Waals surface area contributed by atoms with Gasteiger partial charge < -0.3 is 18.8 Å². The van der Waals surface area contributed by atoms with Crippen molar-refractivity contribution in [3.63, 3.8) is 0 Å². The third-order valence-electron chi connectivity index (χ3n) is 3.93. The van der Waals surface area contributed by atoms with Crippen molar-refractivity contribution in [3.05, 3.63) is 51.7 Å². The minimum atomic E-state index is -0.668. The van der Waals surface area contributed by atoms with Crippen LogP contribution in [0.2, 0.25) is 0 Å². The number of aryl methyl sites for hydroxylation is 1. The fourth-order valence-electron chi connectivity index (χ4n) is 2.75. The summed E-state index contributed by atoms with van der Waals surface area (Å²) in [6.45, 7) is 3.08. The summed E-state index contributed by atoms with van der Waals surface area (Å²) in [6.07, 6.45) is -0.326. The van der Waals surface area contributed by atoms with Crippen molar-refractivity contribution < 1.29 is 23.2 Å². The summed E-state index contributed by atoms with van der Waals surface area (Å²) in [5.74, 6) is 0.799. The van der Waals surface area contributed by atoms with E-state index in [4.69, 9.17) is 13.9 Å². The average molecular weight is 336 g/mol. The largest absolute Gasteiger partial charge is 0.490 e. The Morgan fingerprint density at radius 3 is 2.83 bits per heavy atom. The second-order valence-corrected chi connectivity index (χ2v) is 5.49. The number of hydrogen-bond donors (Lipinski definition) is 0. The fourth-order valence-corrected chi connectivity index (χ4v) is 2.75. The second-order valence-electron chi connectivity index (χ2n) is 5.49. The van der Waals surface area contributed by atoms with Crippen LogP contribution in [0.5, 0.6) is 5.75 Å². The summed E-state index contributed by atoms with van der Waals surface area (Å²) in [4.78, 5) is 12.1. The summed E-state index contributed by atoms with van der Waals surface area (Å²) in [7, 11) is 1.32. The molecule has 1 saturated heterocycles. The molecule has 0 bridgehead atoms. The van der Waals surface area contributed by atoms with Crippen molar-refractivity contribution in [2.75, 3.05) is 31.7 Å². The van der Waals surface area contributed by atoms with E-state index in [9.17, 15) is 14.5 Å². The fraction of sp³-hybridized carbons (Fsp3) is 0.375. The summed E-state index contributed by atoms with van der Waals surface area (Å²) in [5.41, 5.74) is -0.153. The highest BCUT2D eigenvalue weighted by molar-refractivity contribution is 5.60. The first-order valence-corrected chi connectivity index (χ1v) is 7.44. The van der Waals surface area contributed by atoms with Gasteiger partial charge in [-0.3, -0.25) is 10.1 Å². The number of nitrogens with zero attached hydrogens (tertiary/aromatic N) is 2. The summed E-state index contributed by atoms with van der Waals surface area (Å²) >= 11 is 0. The van der Waals surface area contributed by atoms with Gasteiger partial charge in [-0.15, -0.1) is 0 Å². The molecule has 1 aliphatic rings. The van der Waals surface area contributed by atoms with Crippen LogP contribution in [-0.4, -0.2) is 31.7 Å². The molecule has 0 N–H and O–H groups in total. The lowest BCUT2D eigenvalue weighted by atomic mass is 10.1. The third kappa shape index (κ3) is 3.05. The van der Waals surface area contributed by atoms with Crippen molar-refractivity contribution in [2.24, 2.45) is 0 Å². The second kappa shape index (κ2) is 6.48. The molecule has 0 radical (unpaired) electrons. The van der Waals surface area contributed by atoms with Gasteiger partial charge in [0.05, 0.1) is 36.9 Å². The van der Waals surface area contributed by atoms with Crippen LogP contribution in [0, 0.1) is 22.9 Å². The van der Waals surface area contributed by atoms with Crippen molar-refractivity contribution in [1.82, 2.24) is 0 Å². The first-order valence-electron chi connectivity index (χ1n) is 7.44. The van der Waals surface area contributed by atoms with Crippen LogP contribution in [0.25, 0.3) is 0 Å². The first kappa shape index (κ1) is 16.3. The number of benzene rings is 1. The zero-order valence-electron chi connectivity index (χ0n) is 13.3. The molecule has 1 atom stereocenters.